The third-order valence-corrected chi connectivity index (χ3v) is 3.86. The molecular weight excluding hydrogens is 348 g/mol. The number of benzene rings is 2. The van der Waals surface area contributed by atoms with Crippen LogP contribution in [-0.2, 0) is 0 Å². The summed E-state index contributed by atoms with van der Waals surface area (Å²) in [6.07, 6.45) is 1.06. The molecule has 6 heteroatoms. The topological polar surface area (TPSA) is 59.6 Å². The van der Waals surface area contributed by atoms with Crippen molar-refractivity contribution in [1.29, 1.82) is 0 Å². The minimum absolute atomic E-state index is 0.138. The number of ether oxygens (including phenoxy) is 2. The highest BCUT2D eigenvalue weighted by atomic mass is 32.1. The van der Waals surface area contributed by atoms with Crippen LogP contribution < -0.4 is 20.1 Å². The molecule has 0 bridgehead atoms. The Morgan fingerprint density at radius 1 is 1.12 bits per heavy atom. The van der Waals surface area contributed by atoms with Gasteiger partial charge in [-0.05, 0) is 68.9 Å². The summed E-state index contributed by atoms with van der Waals surface area (Å²) in [7, 11) is 0. The maximum absolute atomic E-state index is 12.3. The number of anilines is 1. The van der Waals surface area contributed by atoms with Gasteiger partial charge in [0.15, 0.2) is 5.11 Å². The predicted molar refractivity (Wildman–Crippen MR) is 108 cm³/mol. The molecule has 138 valence electrons. The summed E-state index contributed by atoms with van der Waals surface area (Å²) < 4.78 is 11.2. The molecule has 2 aromatic carbocycles. The zero-order valence-electron chi connectivity index (χ0n) is 15.2. The van der Waals surface area contributed by atoms with E-state index in [2.05, 4.69) is 17.6 Å². The van der Waals surface area contributed by atoms with Gasteiger partial charge in [0.25, 0.3) is 5.91 Å². The van der Waals surface area contributed by atoms with Crippen molar-refractivity contribution < 1.29 is 14.3 Å². The number of hydrogen-bond donors (Lipinski definition) is 2. The summed E-state index contributed by atoms with van der Waals surface area (Å²) in [4.78, 5) is 12.3. The van der Waals surface area contributed by atoms with Gasteiger partial charge in [0, 0.05) is 17.3 Å². The van der Waals surface area contributed by atoms with Crippen LogP contribution >= 0.6 is 12.2 Å². The third kappa shape index (κ3) is 6.04. The number of carbonyl (C=O) groups excluding carboxylic acids is 1. The molecule has 0 spiro atoms. The maximum atomic E-state index is 12.3. The van der Waals surface area contributed by atoms with Crippen LogP contribution in [0.2, 0.25) is 0 Å². The summed E-state index contributed by atoms with van der Waals surface area (Å²) in [6.45, 7) is 6.57. The van der Waals surface area contributed by atoms with Crippen molar-refractivity contribution in [2.24, 2.45) is 0 Å². The molecule has 0 saturated heterocycles. The van der Waals surface area contributed by atoms with E-state index in [-0.39, 0.29) is 17.1 Å². The van der Waals surface area contributed by atoms with Crippen molar-refractivity contribution >= 4 is 28.9 Å². The molecular formula is C20H24N2O3S. The Hall–Kier alpha value is -2.60. The van der Waals surface area contributed by atoms with E-state index in [0.717, 1.165) is 23.6 Å². The van der Waals surface area contributed by atoms with Crippen LogP contribution in [0.1, 0.15) is 37.6 Å². The number of rotatable bonds is 7. The summed E-state index contributed by atoms with van der Waals surface area (Å²) in [6, 6.07) is 14.4. The van der Waals surface area contributed by atoms with Gasteiger partial charge in [-0.3, -0.25) is 10.1 Å². The number of thiocarbonyl (C=S) groups is 1. The quantitative estimate of drug-likeness (QED) is 0.706. The smallest absolute Gasteiger partial charge is 0.257 e. The Balaban J connectivity index is 1.92. The Morgan fingerprint density at radius 3 is 2.50 bits per heavy atom. The van der Waals surface area contributed by atoms with Gasteiger partial charge in [0.1, 0.15) is 11.5 Å². The van der Waals surface area contributed by atoms with Crippen molar-refractivity contribution in [3.63, 3.8) is 0 Å². The number of hydrogen-bond acceptors (Lipinski definition) is 4. The molecule has 0 saturated carbocycles. The van der Waals surface area contributed by atoms with Crippen LogP contribution in [-0.4, -0.2) is 23.7 Å². The van der Waals surface area contributed by atoms with Crippen LogP contribution in [0.3, 0.4) is 0 Å². The average Bonchev–Trinajstić information content (AvgIpc) is 2.62. The Morgan fingerprint density at radius 2 is 1.85 bits per heavy atom. The fourth-order valence-corrected chi connectivity index (χ4v) is 2.38. The van der Waals surface area contributed by atoms with E-state index in [1.54, 1.807) is 24.3 Å². The first-order chi connectivity index (χ1) is 12.5. The summed E-state index contributed by atoms with van der Waals surface area (Å²) in [5.74, 6) is 1.20. The van der Waals surface area contributed by atoms with E-state index in [4.69, 9.17) is 21.7 Å². The zero-order valence-corrected chi connectivity index (χ0v) is 16.1. The lowest BCUT2D eigenvalue weighted by Crippen LogP contribution is -2.34. The SMILES string of the molecule is CCOc1cccc(NC(=S)NC(=O)c2ccc(OC(C)CC)cc2)c1. The van der Waals surface area contributed by atoms with Gasteiger partial charge in [-0.2, -0.15) is 0 Å². The van der Waals surface area contributed by atoms with E-state index in [0.29, 0.717) is 12.2 Å². The highest BCUT2D eigenvalue weighted by Gasteiger charge is 2.09. The second-order valence-corrected chi connectivity index (χ2v) is 6.14. The molecule has 26 heavy (non-hydrogen) atoms. The largest absolute Gasteiger partial charge is 0.494 e. The monoisotopic (exact) mass is 372 g/mol. The van der Waals surface area contributed by atoms with Crippen molar-refractivity contribution in [3.05, 3.63) is 54.1 Å². The number of nitrogens with one attached hydrogen (secondary N) is 2. The Labute approximate surface area is 159 Å². The Bertz CT molecular complexity index is 747. The van der Waals surface area contributed by atoms with Gasteiger partial charge in [0.2, 0.25) is 0 Å². The second kappa shape index (κ2) is 9.77. The molecule has 1 amide bonds. The molecule has 1 atom stereocenters. The van der Waals surface area contributed by atoms with Crippen LogP contribution in [0.5, 0.6) is 11.5 Å². The van der Waals surface area contributed by atoms with Crippen molar-refractivity contribution in [1.82, 2.24) is 5.32 Å². The number of carbonyl (C=O) groups is 1. The molecule has 0 aliphatic rings. The van der Waals surface area contributed by atoms with Gasteiger partial charge >= 0.3 is 0 Å². The van der Waals surface area contributed by atoms with Gasteiger partial charge in [-0.1, -0.05) is 13.0 Å². The normalized spacial score (nSPS) is 11.3. The minimum atomic E-state index is -0.279. The van der Waals surface area contributed by atoms with Crippen molar-refractivity contribution in [2.75, 3.05) is 11.9 Å². The first-order valence-electron chi connectivity index (χ1n) is 8.63. The third-order valence-electron chi connectivity index (χ3n) is 3.66. The average molecular weight is 372 g/mol. The van der Waals surface area contributed by atoms with E-state index < -0.39 is 0 Å². The molecule has 0 aliphatic carbocycles. The molecule has 2 aromatic rings. The summed E-state index contributed by atoms with van der Waals surface area (Å²) >= 11 is 5.21. The van der Waals surface area contributed by atoms with E-state index in [1.807, 2.05) is 38.1 Å². The van der Waals surface area contributed by atoms with Crippen LogP contribution in [0, 0.1) is 0 Å². The van der Waals surface area contributed by atoms with Gasteiger partial charge in [0.05, 0.1) is 12.7 Å². The first-order valence-corrected chi connectivity index (χ1v) is 9.04. The molecule has 0 radical (unpaired) electrons. The summed E-state index contributed by atoms with van der Waals surface area (Å²) in [5.41, 5.74) is 1.26. The highest BCUT2D eigenvalue weighted by molar-refractivity contribution is 7.80. The van der Waals surface area contributed by atoms with Crippen LogP contribution in [0.25, 0.3) is 0 Å². The van der Waals surface area contributed by atoms with Gasteiger partial charge in [-0.25, -0.2) is 0 Å². The second-order valence-electron chi connectivity index (χ2n) is 5.73. The number of amides is 1. The van der Waals surface area contributed by atoms with Gasteiger partial charge in [-0.15, -0.1) is 0 Å². The first kappa shape index (κ1) is 19.7. The van der Waals surface area contributed by atoms with E-state index >= 15 is 0 Å². The van der Waals surface area contributed by atoms with Crippen molar-refractivity contribution in [3.8, 4) is 11.5 Å². The molecule has 0 fully saturated rings. The zero-order chi connectivity index (χ0) is 18.9. The molecule has 0 aromatic heterocycles. The lowest BCUT2D eigenvalue weighted by molar-refractivity contribution is 0.0977. The summed E-state index contributed by atoms with van der Waals surface area (Å²) in [5, 5.41) is 5.87. The highest BCUT2D eigenvalue weighted by Crippen LogP contribution is 2.17. The predicted octanol–water partition coefficient (Wildman–Crippen LogP) is 4.39. The fraction of sp³-hybridized carbons (Fsp3) is 0.300. The molecule has 1 unspecified atom stereocenters. The molecule has 0 heterocycles. The van der Waals surface area contributed by atoms with Crippen molar-refractivity contribution in [2.45, 2.75) is 33.3 Å². The lowest BCUT2D eigenvalue weighted by Gasteiger charge is -2.13. The standard InChI is InChI=1S/C20H24N2O3S/c1-4-14(3)25-17-11-9-15(10-12-17)19(23)22-20(26)21-16-7-6-8-18(13-16)24-5-2/h6-14H,4-5H2,1-3H3,(H2,21,22,23,26). The molecule has 0 aliphatic heterocycles. The Kier molecular flexibility index (Phi) is 7.41. The van der Waals surface area contributed by atoms with E-state index in [9.17, 15) is 4.79 Å². The lowest BCUT2D eigenvalue weighted by atomic mass is 10.2. The molecule has 2 N–H and O–H groups in total. The van der Waals surface area contributed by atoms with Gasteiger partial charge < -0.3 is 14.8 Å². The van der Waals surface area contributed by atoms with Crippen LogP contribution in [0.4, 0.5) is 5.69 Å². The van der Waals surface area contributed by atoms with Crippen LogP contribution in [0.15, 0.2) is 48.5 Å². The maximum Gasteiger partial charge on any atom is 0.257 e. The molecule has 5 nitrogen and oxygen atoms in total. The minimum Gasteiger partial charge on any atom is -0.494 e. The van der Waals surface area contributed by atoms with E-state index in [1.165, 1.54) is 0 Å². The molecule has 2 rings (SSSR count). The fourth-order valence-electron chi connectivity index (χ4n) is 2.17.